The minimum atomic E-state index is 0.403. The fourth-order valence-corrected chi connectivity index (χ4v) is 2.92. The van der Waals surface area contributed by atoms with Gasteiger partial charge in [-0.2, -0.15) is 0 Å². The van der Waals surface area contributed by atoms with E-state index in [9.17, 15) is 0 Å². The Labute approximate surface area is 89.7 Å². The largest absolute Gasteiger partial charge is 0.326 e. The van der Waals surface area contributed by atoms with Crippen molar-refractivity contribution in [3.63, 3.8) is 0 Å². The zero-order valence-electron chi connectivity index (χ0n) is 8.70. The second-order valence-electron chi connectivity index (χ2n) is 4.01. The van der Waals surface area contributed by atoms with Crippen LogP contribution in [0.1, 0.15) is 23.1 Å². The average molecular weight is 210 g/mol. The maximum atomic E-state index is 5.87. The molecule has 1 aliphatic heterocycles. The average Bonchev–Trinajstić information content (AvgIpc) is 2.76. The molecular formula is C11H18N2S. The van der Waals surface area contributed by atoms with E-state index < -0.39 is 0 Å². The van der Waals surface area contributed by atoms with Gasteiger partial charge in [0.1, 0.15) is 0 Å². The first-order valence-corrected chi connectivity index (χ1v) is 6.15. The molecule has 0 amide bonds. The van der Waals surface area contributed by atoms with Crippen LogP contribution in [0.5, 0.6) is 0 Å². The van der Waals surface area contributed by atoms with Crippen molar-refractivity contribution in [3.8, 4) is 0 Å². The van der Waals surface area contributed by atoms with Crippen molar-refractivity contribution in [1.82, 2.24) is 4.90 Å². The Morgan fingerprint density at radius 2 is 2.29 bits per heavy atom. The summed E-state index contributed by atoms with van der Waals surface area (Å²) in [6, 6.07) is 4.91. The molecule has 1 aliphatic rings. The number of nitrogens with two attached hydrogens (primary N) is 1. The van der Waals surface area contributed by atoms with Crippen molar-refractivity contribution in [3.05, 3.63) is 21.9 Å². The Hall–Kier alpha value is -0.380. The van der Waals surface area contributed by atoms with E-state index in [0.29, 0.717) is 6.04 Å². The van der Waals surface area contributed by atoms with E-state index >= 15 is 0 Å². The molecular weight excluding hydrogens is 192 g/mol. The van der Waals surface area contributed by atoms with Gasteiger partial charge in [-0.15, -0.1) is 11.3 Å². The standard InChI is InChI=1S/C11H18N2S/c1-2-10-3-4-11(14-10)8-13-6-5-9(12)7-13/h3-4,9H,2,5-8,12H2,1H3. The summed E-state index contributed by atoms with van der Waals surface area (Å²) >= 11 is 1.94. The second-order valence-corrected chi connectivity index (χ2v) is 5.26. The summed E-state index contributed by atoms with van der Waals surface area (Å²) in [5, 5.41) is 0. The van der Waals surface area contributed by atoms with Crippen LogP contribution < -0.4 is 5.73 Å². The summed E-state index contributed by atoms with van der Waals surface area (Å²) in [7, 11) is 0. The molecule has 2 heterocycles. The molecule has 2 rings (SSSR count). The highest BCUT2D eigenvalue weighted by molar-refractivity contribution is 7.11. The van der Waals surface area contributed by atoms with Gasteiger partial charge >= 0.3 is 0 Å². The Bertz CT molecular complexity index is 295. The summed E-state index contributed by atoms with van der Waals surface area (Å²) in [5.41, 5.74) is 5.87. The summed E-state index contributed by atoms with van der Waals surface area (Å²) in [4.78, 5) is 5.43. The molecule has 0 aromatic carbocycles. The van der Waals surface area contributed by atoms with E-state index in [1.807, 2.05) is 11.3 Å². The molecule has 0 aliphatic carbocycles. The molecule has 1 fully saturated rings. The molecule has 2 N–H and O–H groups in total. The third kappa shape index (κ3) is 2.35. The van der Waals surface area contributed by atoms with Crippen LogP contribution in [0.2, 0.25) is 0 Å². The molecule has 1 aromatic rings. The van der Waals surface area contributed by atoms with E-state index in [0.717, 1.165) is 25.9 Å². The number of hydrogen-bond donors (Lipinski definition) is 1. The van der Waals surface area contributed by atoms with Gasteiger partial charge in [0.05, 0.1) is 0 Å². The molecule has 2 nitrogen and oxygen atoms in total. The zero-order chi connectivity index (χ0) is 9.97. The van der Waals surface area contributed by atoms with Crippen molar-refractivity contribution < 1.29 is 0 Å². The Kier molecular flexibility index (Phi) is 3.21. The minimum absolute atomic E-state index is 0.403. The summed E-state index contributed by atoms with van der Waals surface area (Å²) in [5.74, 6) is 0. The van der Waals surface area contributed by atoms with Crippen molar-refractivity contribution in [2.45, 2.75) is 32.4 Å². The number of nitrogens with zero attached hydrogens (tertiary/aromatic N) is 1. The predicted octanol–water partition coefficient (Wildman–Crippen LogP) is 1.84. The Morgan fingerprint density at radius 3 is 2.86 bits per heavy atom. The summed E-state index contributed by atoms with van der Waals surface area (Å²) in [6.45, 7) is 5.54. The first-order chi connectivity index (χ1) is 6.78. The molecule has 3 heteroatoms. The van der Waals surface area contributed by atoms with Crippen LogP contribution in [-0.2, 0) is 13.0 Å². The van der Waals surface area contributed by atoms with Gasteiger partial charge in [0.2, 0.25) is 0 Å². The van der Waals surface area contributed by atoms with Gasteiger partial charge in [0.15, 0.2) is 0 Å². The van der Waals surface area contributed by atoms with Crippen LogP contribution >= 0.6 is 11.3 Å². The van der Waals surface area contributed by atoms with Crippen LogP contribution in [0.3, 0.4) is 0 Å². The van der Waals surface area contributed by atoms with E-state index in [4.69, 9.17) is 5.73 Å². The SMILES string of the molecule is CCc1ccc(CN2CCC(N)C2)s1. The fraction of sp³-hybridized carbons (Fsp3) is 0.636. The van der Waals surface area contributed by atoms with Gasteiger partial charge < -0.3 is 5.73 Å². The van der Waals surface area contributed by atoms with E-state index in [-0.39, 0.29) is 0 Å². The van der Waals surface area contributed by atoms with E-state index in [1.54, 1.807) is 0 Å². The van der Waals surface area contributed by atoms with Crippen molar-refractivity contribution in [2.75, 3.05) is 13.1 Å². The molecule has 0 spiro atoms. The number of rotatable bonds is 3. The van der Waals surface area contributed by atoms with Crippen LogP contribution in [0.25, 0.3) is 0 Å². The van der Waals surface area contributed by atoms with Gasteiger partial charge in [-0.1, -0.05) is 6.92 Å². The highest BCUT2D eigenvalue weighted by Gasteiger charge is 2.19. The summed E-state index contributed by atoms with van der Waals surface area (Å²) < 4.78 is 0. The fourth-order valence-electron chi connectivity index (χ4n) is 1.92. The first kappa shape index (κ1) is 10.1. The molecule has 0 bridgehead atoms. The van der Waals surface area contributed by atoms with Gasteiger partial charge in [0.25, 0.3) is 0 Å². The third-order valence-corrected chi connectivity index (χ3v) is 3.97. The van der Waals surface area contributed by atoms with Gasteiger partial charge in [-0.05, 0) is 25.0 Å². The molecule has 78 valence electrons. The topological polar surface area (TPSA) is 29.3 Å². The maximum Gasteiger partial charge on any atom is 0.0328 e. The first-order valence-electron chi connectivity index (χ1n) is 5.33. The molecule has 0 radical (unpaired) electrons. The van der Waals surface area contributed by atoms with E-state index in [1.165, 1.54) is 16.3 Å². The molecule has 1 saturated heterocycles. The minimum Gasteiger partial charge on any atom is -0.326 e. The van der Waals surface area contributed by atoms with Gasteiger partial charge in [0, 0.05) is 35.4 Å². The molecule has 0 saturated carbocycles. The zero-order valence-corrected chi connectivity index (χ0v) is 9.52. The number of likely N-dealkylation sites (tertiary alicyclic amines) is 1. The quantitative estimate of drug-likeness (QED) is 0.825. The predicted molar refractivity (Wildman–Crippen MR) is 61.6 cm³/mol. The number of aryl methyl sites for hydroxylation is 1. The molecule has 1 aromatic heterocycles. The lowest BCUT2D eigenvalue weighted by Gasteiger charge is -2.13. The molecule has 1 atom stereocenters. The van der Waals surface area contributed by atoms with Gasteiger partial charge in [-0.25, -0.2) is 0 Å². The highest BCUT2D eigenvalue weighted by atomic mass is 32.1. The van der Waals surface area contributed by atoms with Crippen molar-refractivity contribution in [1.29, 1.82) is 0 Å². The normalized spacial score (nSPS) is 23.1. The lowest BCUT2D eigenvalue weighted by atomic mass is 10.3. The number of thiophene rings is 1. The van der Waals surface area contributed by atoms with Crippen LogP contribution in [-0.4, -0.2) is 24.0 Å². The number of hydrogen-bond acceptors (Lipinski definition) is 3. The van der Waals surface area contributed by atoms with Crippen molar-refractivity contribution in [2.24, 2.45) is 5.73 Å². The highest BCUT2D eigenvalue weighted by Crippen LogP contribution is 2.20. The monoisotopic (exact) mass is 210 g/mol. The smallest absolute Gasteiger partial charge is 0.0328 e. The Morgan fingerprint density at radius 1 is 1.50 bits per heavy atom. The molecule has 1 unspecified atom stereocenters. The lowest BCUT2D eigenvalue weighted by Crippen LogP contribution is -2.25. The Balaban J connectivity index is 1.90. The van der Waals surface area contributed by atoms with Crippen LogP contribution in [0.4, 0.5) is 0 Å². The van der Waals surface area contributed by atoms with Crippen LogP contribution in [0.15, 0.2) is 12.1 Å². The van der Waals surface area contributed by atoms with Crippen molar-refractivity contribution >= 4 is 11.3 Å². The van der Waals surface area contributed by atoms with E-state index in [2.05, 4.69) is 24.0 Å². The third-order valence-electron chi connectivity index (χ3n) is 2.75. The maximum absolute atomic E-state index is 5.87. The summed E-state index contributed by atoms with van der Waals surface area (Å²) in [6.07, 6.45) is 2.32. The second kappa shape index (κ2) is 4.43. The lowest BCUT2D eigenvalue weighted by molar-refractivity contribution is 0.330. The molecule has 14 heavy (non-hydrogen) atoms. The van der Waals surface area contributed by atoms with Crippen LogP contribution in [0, 0.1) is 0 Å². The van der Waals surface area contributed by atoms with Gasteiger partial charge in [-0.3, -0.25) is 4.90 Å².